The van der Waals surface area contributed by atoms with E-state index in [-0.39, 0.29) is 12.4 Å². The van der Waals surface area contributed by atoms with Crippen LogP contribution in [0, 0.1) is 11.3 Å². The maximum absolute atomic E-state index is 9.20. The highest BCUT2D eigenvalue weighted by Gasteiger charge is 2.25. The molecule has 1 aliphatic carbocycles. The van der Waals surface area contributed by atoms with Gasteiger partial charge >= 0.3 is 0 Å². The van der Waals surface area contributed by atoms with E-state index in [9.17, 15) is 5.26 Å². The molecule has 1 saturated carbocycles. The van der Waals surface area contributed by atoms with Crippen molar-refractivity contribution >= 4 is 35.1 Å². The van der Waals surface area contributed by atoms with Gasteiger partial charge in [-0.3, -0.25) is 0 Å². The first-order valence-electron chi connectivity index (χ1n) is 11.6. The predicted octanol–water partition coefficient (Wildman–Crippen LogP) is 5.33. The van der Waals surface area contributed by atoms with Crippen LogP contribution in [0.15, 0.2) is 55.0 Å². The van der Waals surface area contributed by atoms with Gasteiger partial charge in [-0.25, -0.2) is 15.0 Å². The molecule has 0 atom stereocenters. The van der Waals surface area contributed by atoms with Gasteiger partial charge in [0.1, 0.15) is 11.6 Å². The Balaban J connectivity index is 0.00000241. The number of nitrogens with zero attached hydrogens (tertiary/aromatic N) is 5. The molecule has 0 bridgehead atoms. The highest BCUT2D eigenvalue weighted by atomic mass is 35.5. The molecule has 34 heavy (non-hydrogen) atoms. The van der Waals surface area contributed by atoms with Crippen molar-refractivity contribution in [3.8, 4) is 17.3 Å². The summed E-state index contributed by atoms with van der Waals surface area (Å²) in [5.41, 5.74) is 6.08. The molecular weight excluding hydrogens is 446 g/mol. The summed E-state index contributed by atoms with van der Waals surface area (Å²) in [6.07, 6.45) is 8.29. The second kappa shape index (κ2) is 9.41. The predicted molar refractivity (Wildman–Crippen MR) is 136 cm³/mol. The van der Waals surface area contributed by atoms with Gasteiger partial charge in [0.15, 0.2) is 0 Å². The monoisotopic (exact) mass is 471 g/mol. The second-order valence-electron chi connectivity index (χ2n) is 8.95. The summed E-state index contributed by atoms with van der Waals surface area (Å²) >= 11 is 0. The van der Waals surface area contributed by atoms with Crippen LogP contribution in [0.2, 0.25) is 0 Å². The topological polar surface area (TPSA) is 91.5 Å². The lowest BCUT2D eigenvalue weighted by molar-refractivity contribution is 0.375. The Labute approximate surface area is 204 Å². The second-order valence-corrected chi connectivity index (χ2v) is 8.95. The van der Waals surface area contributed by atoms with Crippen molar-refractivity contribution in [1.29, 1.82) is 5.26 Å². The third kappa shape index (κ3) is 4.47. The summed E-state index contributed by atoms with van der Waals surface area (Å²) in [6, 6.07) is 16.8. The van der Waals surface area contributed by atoms with Gasteiger partial charge in [-0.15, -0.1) is 12.4 Å². The van der Waals surface area contributed by atoms with Gasteiger partial charge in [0.05, 0.1) is 34.7 Å². The van der Waals surface area contributed by atoms with Crippen molar-refractivity contribution in [3.05, 3.63) is 66.1 Å². The van der Waals surface area contributed by atoms with Crippen LogP contribution in [0.25, 0.3) is 22.3 Å². The molecule has 1 aromatic carbocycles. The van der Waals surface area contributed by atoms with Crippen LogP contribution in [-0.4, -0.2) is 32.6 Å². The highest BCUT2D eigenvalue weighted by Crippen LogP contribution is 2.42. The van der Waals surface area contributed by atoms with Gasteiger partial charge in [0.25, 0.3) is 0 Å². The molecule has 4 heterocycles. The fraction of sp³-hybridized carbons (Fsp3) is 0.308. The third-order valence-electron chi connectivity index (χ3n) is 6.61. The Hall–Kier alpha value is -3.47. The van der Waals surface area contributed by atoms with E-state index in [0.29, 0.717) is 23.3 Å². The van der Waals surface area contributed by atoms with Crippen LogP contribution >= 0.6 is 12.4 Å². The Morgan fingerprint density at radius 3 is 2.62 bits per heavy atom. The SMILES string of the molecule is Cl.N#Cc1ccnc(Nc2cc(C3CC3)cc(-c3ccc4ncn(C5CCNCC5)c4c3)n2)c1. The number of benzene rings is 1. The highest BCUT2D eigenvalue weighted by molar-refractivity contribution is 5.85. The van der Waals surface area contributed by atoms with E-state index >= 15 is 0 Å². The lowest BCUT2D eigenvalue weighted by atomic mass is 10.0. The summed E-state index contributed by atoms with van der Waals surface area (Å²) in [5.74, 6) is 1.97. The molecule has 2 fully saturated rings. The van der Waals surface area contributed by atoms with E-state index < -0.39 is 0 Å². The first-order valence-corrected chi connectivity index (χ1v) is 11.6. The Morgan fingerprint density at radius 1 is 0.971 bits per heavy atom. The number of fused-ring (bicyclic) bond motifs is 1. The average molecular weight is 472 g/mol. The Morgan fingerprint density at radius 2 is 1.82 bits per heavy atom. The molecular formula is C26H26ClN7. The minimum Gasteiger partial charge on any atom is -0.327 e. The minimum absolute atomic E-state index is 0. The standard InChI is InChI=1S/C26H25N7.ClH/c27-15-17-5-10-29-25(11-17)32-26-14-20(18-1-2-18)12-23(31-26)19-3-4-22-24(13-19)33(16-30-22)21-6-8-28-9-7-21;/h3-5,10-14,16,18,21,28H,1-2,6-9H2,(H,29,31,32);1H. The van der Waals surface area contributed by atoms with Crippen LogP contribution in [0.1, 0.15) is 48.8 Å². The van der Waals surface area contributed by atoms with Gasteiger partial charge < -0.3 is 15.2 Å². The van der Waals surface area contributed by atoms with Crippen molar-refractivity contribution in [1.82, 2.24) is 24.8 Å². The van der Waals surface area contributed by atoms with Gasteiger partial charge in [-0.2, -0.15) is 5.26 Å². The molecule has 172 valence electrons. The van der Waals surface area contributed by atoms with Crippen molar-refractivity contribution in [3.63, 3.8) is 0 Å². The average Bonchev–Trinajstić information content (AvgIpc) is 3.63. The van der Waals surface area contributed by atoms with Crippen LogP contribution in [0.4, 0.5) is 11.6 Å². The number of imidazole rings is 1. The molecule has 8 heteroatoms. The lowest BCUT2D eigenvalue weighted by Gasteiger charge is -2.24. The van der Waals surface area contributed by atoms with Gasteiger partial charge in [0, 0.05) is 17.8 Å². The van der Waals surface area contributed by atoms with E-state index in [1.54, 1.807) is 18.3 Å². The Bertz CT molecular complexity index is 1360. The van der Waals surface area contributed by atoms with Crippen LogP contribution in [-0.2, 0) is 0 Å². The van der Waals surface area contributed by atoms with E-state index in [0.717, 1.165) is 54.0 Å². The number of nitriles is 1. The number of aromatic nitrogens is 4. The first kappa shape index (κ1) is 22.3. The zero-order chi connectivity index (χ0) is 22.2. The molecule has 6 rings (SSSR count). The number of pyridine rings is 2. The van der Waals surface area contributed by atoms with E-state index in [4.69, 9.17) is 4.98 Å². The molecule has 1 aliphatic heterocycles. The van der Waals surface area contributed by atoms with E-state index in [1.165, 1.54) is 18.4 Å². The maximum Gasteiger partial charge on any atom is 0.132 e. The summed E-state index contributed by atoms with van der Waals surface area (Å²) < 4.78 is 2.33. The normalized spacial score (nSPS) is 16.1. The number of halogens is 1. The number of piperidine rings is 1. The maximum atomic E-state index is 9.20. The van der Waals surface area contributed by atoms with Crippen molar-refractivity contribution in [2.75, 3.05) is 18.4 Å². The van der Waals surface area contributed by atoms with Crippen LogP contribution in [0.5, 0.6) is 0 Å². The summed E-state index contributed by atoms with van der Waals surface area (Å²) in [6.45, 7) is 2.09. The molecule has 0 unspecified atom stereocenters. The number of hydrogen-bond acceptors (Lipinski definition) is 6. The molecule has 1 saturated heterocycles. The molecule has 3 aromatic heterocycles. The van der Waals surface area contributed by atoms with Crippen LogP contribution in [0.3, 0.4) is 0 Å². The quantitative estimate of drug-likeness (QED) is 0.408. The molecule has 2 aliphatic rings. The zero-order valence-corrected chi connectivity index (χ0v) is 19.6. The number of hydrogen-bond donors (Lipinski definition) is 2. The smallest absolute Gasteiger partial charge is 0.132 e. The molecule has 2 N–H and O–H groups in total. The van der Waals surface area contributed by atoms with Gasteiger partial charge in [-0.1, -0.05) is 6.07 Å². The minimum atomic E-state index is 0. The van der Waals surface area contributed by atoms with E-state index in [1.807, 2.05) is 6.33 Å². The lowest BCUT2D eigenvalue weighted by Crippen LogP contribution is -2.29. The van der Waals surface area contributed by atoms with Crippen LogP contribution < -0.4 is 10.6 Å². The van der Waals surface area contributed by atoms with Crippen molar-refractivity contribution in [2.24, 2.45) is 0 Å². The van der Waals surface area contributed by atoms with Gasteiger partial charge in [0.2, 0.25) is 0 Å². The Kier molecular flexibility index (Phi) is 6.18. The van der Waals surface area contributed by atoms with Gasteiger partial charge in [-0.05, 0) is 86.7 Å². The molecule has 0 amide bonds. The number of anilines is 2. The van der Waals surface area contributed by atoms with Crippen molar-refractivity contribution in [2.45, 2.75) is 37.6 Å². The fourth-order valence-electron chi connectivity index (χ4n) is 4.68. The summed E-state index contributed by atoms with van der Waals surface area (Å²) in [4.78, 5) is 13.9. The summed E-state index contributed by atoms with van der Waals surface area (Å²) in [7, 11) is 0. The van der Waals surface area contributed by atoms with E-state index in [2.05, 4.69) is 61.6 Å². The fourth-order valence-corrected chi connectivity index (χ4v) is 4.68. The van der Waals surface area contributed by atoms with Crippen molar-refractivity contribution < 1.29 is 0 Å². The molecule has 0 radical (unpaired) electrons. The summed E-state index contributed by atoms with van der Waals surface area (Å²) in [5, 5.41) is 16.0. The molecule has 0 spiro atoms. The zero-order valence-electron chi connectivity index (χ0n) is 18.7. The third-order valence-corrected chi connectivity index (χ3v) is 6.61. The molecule has 4 aromatic rings. The number of nitrogens with one attached hydrogen (secondary N) is 2. The largest absolute Gasteiger partial charge is 0.327 e. The molecule has 7 nitrogen and oxygen atoms in total. The number of rotatable bonds is 5. The first-order chi connectivity index (χ1) is 16.3.